The van der Waals surface area contributed by atoms with Gasteiger partial charge in [-0.2, -0.15) is 5.10 Å². The van der Waals surface area contributed by atoms with Gasteiger partial charge < -0.3 is 0 Å². The third-order valence-corrected chi connectivity index (χ3v) is 3.64. The number of benzene rings is 3. The fraction of sp³-hybridized carbons (Fsp3) is 0. The Morgan fingerprint density at radius 1 is 0.955 bits per heavy atom. The van der Waals surface area contributed by atoms with E-state index in [1.54, 1.807) is 30.5 Å². The van der Waals surface area contributed by atoms with Crippen molar-refractivity contribution in [3.05, 3.63) is 82.9 Å². The topological polar surface area (TPSA) is 41.5 Å². The molecule has 0 aliphatic heterocycles. The van der Waals surface area contributed by atoms with E-state index in [0.29, 0.717) is 10.6 Å². The third-order valence-electron chi connectivity index (χ3n) is 3.31. The smallest absolute Gasteiger partial charge is 0.267 e. The predicted octanol–water partition coefficient (Wildman–Crippen LogP) is 4.26. The summed E-state index contributed by atoms with van der Waals surface area (Å²) in [5.41, 5.74) is 3.84. The SMILES string of the molecule is O=C(N/N=C\c1cccc2ccccc12)c1ccccc1Cl. The van der Waals surface area contributed by atoms with E-state index in [2.05, 4.69) is 10.5 Å². The van der Waals surface area contributed by atoms with Crippen LogP contribution in [-0.2, 0) is 0 Å². The van der Waals surface area contributed by atoms with Crippen molar-refractivity contribution in [3.63, 3.8) is 0 Å². The molecule has 1 N–H and O–H groups in total. The van der Waals surface area contributed by atoms with Crippen LogP contribution < -0.4 is 5.43 Å². The number of fused-ring (bicyclic) bond motifs is 1. The Kier molecular flexibility index (Phi) is 4.17. The molecule has 0 saturated carbocycles. The Morgan fingerprint density at radius 3 is 2.55 bits per heavy atom. The Labute approximate surface area is 133 Å². The zero-order valence-corrected chi connectivity index (χ0v) is 12.4. The van der Waals surface area contributed by atoms with Gasteiger partial charge >= 0.3 is 0 Å². The number of halogens is 1. The lowest BCUT2D eigenvalue weighted by Crippen LogP contribution is -2.17. The average molecular weight is 309 g/mol. The normalized spacial score (nSPS) is 11.0. The molecule has 0 aliphatic rings. The number of carbonyl (C=O) groups is 1. The van der Waals surface area contributed by atoms with Crippen molar-refractivity contribution in [2.75, 3.05) is 0 Å². The van der Waals surface area contributed by atoms with E-state index >= 15 is 0 Å². The quantitative estimate of drug-likeness (QED) is 0.570. The van der Waals surface area contributed by atoms with Gasteiger partial charge in [0, 0.05) is 5.56 Å². The predicted molar refractivity (Wildman–Crippen MR) is 90.5 cm³/mol. The summed E-state index contributed by atoms with van der Waals surface area (Å²) < 4.78 is 0. The molecule has 0 radical (unpaired) electrons. The van der Waals surface area contributed by atoms with Gasteiger partial charge in [-0.05, 0) is 22.9 Å². The van der Waals surface area contributed by atoms with E-state index in [1.165, 1.54) is 0 Å². The molecule has 3 rings (SSSR count). The van der Waals surface area contributed by atoms with Crippen molar-refractivity contribution >= 4 is 34.5 Å². The van der Waals surface area contributed by atoms with Gasteiger partial charge in [0.25, 0.3) is 5.91 Å². The second-order valence-electron chi connectivity index (χ2n) is 4.75. The van der Waals surface area contributed by atoms with Crippen LogP contribution in [0.15, 0.2) is 71.8 Å². The van der Waals surface area contributed by atoms with Crippen molar-refractivity contribution < 1.29 is 4.79 Å². The summed E-state index contributed by atoms with van der Waals surface area (Å²) in [6, 6.07) is 20.8. The fourth-order valence-electron chi connectivity index (χ4n) is 2.23. The summed E-state index contributed by atoms with van der Waals surface area (Å²) in [4.78, 5) is 12.0. The minimum atomic E-state index is -0.331. The second-order valence-corrected chi connectivity index (χ2v) is 5.15. The third kappa shape index (κ3) is 3.00. The molecule has 4 heteroatoms. The fourth-order valence-corrected chi connectivity index (χ4v) is 2.45. The number of hydrogen-bond donors (Lipinski definition) is 1. The summed E-state index contributed by atoms with van der Waals surface area (Å²) in [5, 5.41) is 6.64. The number of nitrogens with zero attached hydrogens (tertiary/aromatic N) is 1. The molecule has 0 atom stereocenters. The standard InChI is InChI=1S/C18H13ClN2O/c19-17-11-4-3-10-16(17)18(22)21-20-12-14-8-5-7-13-6-1-2-9-15(13)14/h1-12H,(H,21,22)/b20-12-. The number of rotatable bonds is 3. The van der Waals surface area contributed by atoms with E-state index in [9.17, 15) is 4.79 Å². The molecule has 108 valence electrons. The summed E-state index contributed by atoms with van der Waals surface area (Å²) in [7, 11) is 0. The van der Waals surface area contributed by atoms with Crippen molar-refractivity contribution in [2.45, 2.75) is 0 Å². The van der Waals surface area contributed by atoms with Crippen LogP contribution >= 0.6 is 11.6 Å². The minimum Gasteiger partial charge on any atom is -0.267 e. The molecule has 22 heavy (non-hydrogen) atoms. The average Bonchev–Trinajstić information content (AvgIpc) is 2.55. The number of hydrazone groups is 1. The monoisotopic (exact) mass is 308 g/mol. The molecule has 0 saturated heterocycles. The highest BCUT2D eigenvalue weighted by Crippen LogP contribution is 2.17. The van der Waals surface area contributed by atoms with E-state index < -0.39 is 0 Å². The molecule has 1 amide bonds. The van der Waals surface area contributed by atoms with Crippen molar-refractivity contribution in [1.82, 2.24) is 5.43 Å². The first-order valence-electron chi connectivity index (χ1n) is 6.81. The maximum atomic E-state index is 12.0. The second kappa shape index (κ2) is 6.41. The van der Waals surface area contributed by atoms with Crippen LogP contribution in [0.5, 0.6) is 0 Å². The Hall–Kier alpha value is -2.65. The lowest BCUT2D eigenvalue weighted by atomic mass is 10.1. The minimum absolute atomic E-state index is 0.331. The zero-order valence-electron chi connectivity index (χ0n) is 11.7. The maximum Gasteiger partial charge on any atom is 0.272 e. The van der Waals surface area contributed by atoms with Crippen LogP contribution in [0.25, 0.3) is 10.8 Å². The summed E-state index contributed by atoms with van der Waals surface area (Å²) in [6.45, 7) is 0. The number of amides is 1. The molecule has 0 heterocycles. The molecule has 3 aromatic carbocycles. The maximum absolute atomic E-state index is 12.0. The van der Waals surface area contributed by atoms with Gasteiger partial charge in [-0.25, -0.2) is 5.43 Å². The lowest BCUT2D eigenvalue weighted by molar-refractivity contribution is 0.0955. The van der Waals surface area contributed by atoms with Crippen LogP contribution in [0.2, 0.25) is 5.02 Å². The molecule has 0 bridgehead atoms. The van der Waals surface area contributed by atoms with Crippen molar-refractivity contribution in [3.8, 4) is 0 Å². The van der Waals surface area contributed by atoms with E-state index in [0.717, 1.165) is 16.3 Å². The van der Waals surface area contributed by atoms with Crippen LogP contribution in [0.4, 0.5) is 0 Å². The Balaban J connectivity index is 1.80. The van der Waals surface area contributed by atoms with E-state index in [1.807, 2.05) is 42.5 Å². The summed E-state index contributed by atoms with van der Waals surface area (Å²) in [5.74, 6) is -0.331. The molecular weight excluding hydrogens is 296 g/mol. The molecular formula is C18H13ClN2O. The van der Waals surface area contributed by atoms with Gasteiger partial charge in [-0.3, -0.25) is 4.79 Å². The Morgan fingerprint density at radius 2 is 1.68 bits per heavy atom. The van der Waals surface area contributed by atoms with E-state index in [4.69, 9.17) is 11.6 Å². The van der Waals surface area contributed by atoms with Gasteiger partial charge in [-0.1, -0.05) is 66.2 Å². The van der Waals surface area contributed by atoms with Crippen LogP contribution in [0.3, 0.4) is 0 Å². The van der Waals surface area contributed by atoms with Crippen LogP contribution in [0, 0.1) is 0 Å². The molecule has 3 aromatic rings. The molecule has 0 aromatic heterocycles. The highest BCUT2D eigenvalue weighted by atomic mass is 35.5. The molecule has 0 spiro atoms. The number of nitrogens with one attached hydrogen (secondary N) is 1. The molecule has 0 aliphatic carbocycles. The van der Waals surface area contributed by atoms with Crippen molar-refractivity contribution in [1.29, 1.82) is 0 Å². The molecule has 3 nitrogen and oxygen atoms in total. The zero-order chi connectivity index (χ0) is 15.4. The Bertz CT molecular complexity index is 853. The number of hydrogen-bond acceptors (Lipinski definition) is 2. The first-order chi connectivity index (χ1) is 10.8. The summed E-state index contributed by atoms with van der Waals surface area (Å²) >= 11 is 5.98. The van der Waals surface area contributed by atoms with Gasteiger partial charge in [0.15, 0.2) is 0 Å². The molecule has 0 fully saturated rings. The largest absolute Gasteiger partial charge is 0.272 e. The molecule has 0 unspecified atom stereocenters. The van der Waals surface area contributed by atoms with E-state index in [-0.39, 0.29) is 5.91 Å². The van der Waals surface area contributed by atoms with Gasteiger partial charge in [-0.15, -0.1) is 0 Å². The van der Waals surface area contributed by atoms with Crippen LogP contribution in [-0.4, -0.2) is 12.1 Å². The van der Waals surface area contributed by atoms with Gasteiger partial charge in [0.1, 0.15) is 0 Å². The van der Waals surface area contributed by atoms with Crippen LogP contribution in [0.1, 0.15) is 15.9 Å². The number of carbonyl (C=O) groups excluding carboxylic acids is 1. The lowest BCUT2D eigenvalue weighted by Gasteiger charge is -2.03. The summed E-state index contributed by atoms with van der Waals surface area (Å²) in [6.07, 6.45) is 1.64. The van der Waals surface area contributed by atoms with Crippen molar-refractivity contribution in [2.24, 2.45) is 5.10 Å². The van der Waals surface area contributed by atoms with Gasteiger partial charge in [0.2, 0.25) is 0 Å². The first-order valence-corrected chi connectivity index (χ1v) is 7.19. The first kappa shape index (κ1) is 14.3. The highest BCUT2D eigenvalue weighted by Gasteiger charge is 2.07. The van der Waals surface area contributed by atoms with Gasteiger partial charge in [0.05, 0.1) is 16.8 Å². The highest BCUT2D eigenvalue weighted by molar-refractivity contribution is 6.33.